The standard InChI is InChI=1S/C25H21FN2O2/c1-16-12-13-18(14-17(16)2)22-23(27(3)20-9-5-4-6-10-20)25(30)28(24(22)29)21-11-7-8-19(26)15-21/h4-15H,1-3H3. The number of imide groups is 1. The van der Waals surface area contributed by atoms with E-state index in [1.165, 1.54) is 18.2 Å². The van der Waals surface area contributed by atoms with Gasteiger partial charge in [-0.3, -0.25) is 9.59 Å². The van der Waals surface area contributed by atoms with E-state index in [4.69, 9.17) is 0 Å². The van der Waals surface area contributed by atoms with Crippen molar-refractivity contribution in [3.05, 3.63) is 101 Å². The van der Waals surface area contributed by atoms with Gasteiger partial charge < -0.3 is 4.90 Å². The minimum absolute atomic E-state index is 0.211. The van der Waals surface area contributed by atoms with Crippen LogP contribution in [-0.2, 0) is 9.59 Å². The number of carbonyl (C=O) groups is 2. The molecule has 30 heavy (non-hydrogen) atoms. The molecular formula is C25H21FN2O2. The number of hydrogen-bond acceptors (Lipinski definition) is 3. The zero-order valence-corrected chi connectivity index (χ0v) is 17.0. The normalized spacial score (nSPS) is 13.9. The first-order valence-corrected chi connectivity index (χ1v) is 9.63. The van der Waals surface area contributed by atoms with Crippen LogP contribution in [-0.4, -0.2) is 18.9 Å². The van der Waals surface area contributed by atoms with Crippen molar-refractivity contribution in [2.24, 2.45) is 0 Å². The molecule has 0 saturated heterocycles. The average molecular weight is 400 g/mol. The zero-order chi connectivity index (χ0) is 21.4. The van der Waals surface area contributed by atoms with E-state index in [-0.39, 0.29) is 11.4 Å². The molecule has 150 valence electrons. The van der Waals surface area contributed by atoms with Crippen LogP contribution in [0.15, 0.2) is 78.5 Å². The summed E-state index contributed by atoms with van der Waals surface area (Å²) < 4.78 is 13.8. The molecule has 1 aliphatic rings. The third-order valence-corrected chi connectivity index (χ3v) is 5.40. The molecule has 4 nitrogen and oxygen atoms in total. The SMILES string of the molecule is Cc1ccc(C2=C(N(C)c3ccccc3)C(=O)N(c3cccc(F)c3)C2=O)cc1C. The van der Waals surface area contributed by atoms with Gasteiger partial charge in [-0.1, -0.05) is 42.5 Å². The maximum absolute atomic E-state index is 13.8. The second kappa shape index (κ2) is 7.59. The molecular weight excluding hydrogens is 379 g/mol. The number of benzene rings is 3. The monoisotopic (exact) mass is 400 g/mol. The summed E-state index contributed by atoms with van der Waals surface area (Å²) in [6.07, 6.45) is 0. The molecule has 0 unspecified atom stereocenters. The first kappa shape index (κ1) is 19.6. The predicted octanol–water partition coefficient (Wildman–Crippen LogP) is 4.86. The van der Waals surface area contributed by atoms with Gasteiger partial charge in [0.1, 0.15) is 11.5 Å². The van der Waals surface area contributed by atoms with Crippen molar-refractivity contribution in [1.82, 2.24) is 0 Å². The molecule has 0 aliphatic carbocycles. The van der Waals surface area contributed by atoms with E-state index in [1.807, 2.05) is 62.4 Å². The topological polar surface area (TPSA) is 40.6 Å². The molecule has 0 saturated carbocycles. The van der Waals surface area contributed by atoms with Gasteiger partial charge in [0.05, 0.1) is 11.3 Å². The fourth-order valence-electron chi connectivity index (χ4n) is 3.62. The number of hydrogen-bond donors (Lipinski definition) is 0. The summed E-state index contributed by atoms with van der Waals surface area (Å²) in [4.78, 5) is 29.7. The highest BCUT2D eigenvalue weighted by atomic mass is 19.1. The van der Waals surface area contributed by atoms with Crippen molar-refractivity contribution >= 4 is 28.8 Å². The van der Waals surface area contributed by atoms with Gasteiger partial charge in [0.25, 0.3) is 11.8 Å². The van der Waals surface area contributed by atoms with E-state index in [2.05, 4.69) is 0 Å². The van der Waals surface area contributed by atoms with Gasteiger partial charge in [0.15, 0.2) is 0 Å². The Morgan fingerprint density at radius 1 is 0.800 bits per heavy atom. The van der Waals surface area contributed by atoms with Crippen LogP contribution < -0.4 is 9.80 Å². The summed E-state index contributed by atoms with van der Waals surface area (Å²) in [6, 6.07) is 20.6. The molecule has 1 heterocycles. The summed E-state index contributed by atoms with van der Waals surface area (Å²) in [5.41, 5.74) is 4.33. The van der Waals surface area contributed by atoms with E-state index in [9.17, 15) is 14.0 Å². The smallest absolute Gasteiger partial charge is 0.282 e. The largest absolute Gasteiger partial charge is 0.339 e. The van der Waals surface area contributed by atoms with Gasteiger partial charge in [-0.05, 0) is 60.9 Å². The number of likely N-dealkylation sites (N-methyl/N-ethyl adjacent to an activating group) is 1. The minimum Gasteiger partial charge on any atom is -0.339 e. The predicted molar refractivity (Wildman–Crippen MR) is 117 cm³/mol. The Bertz CT molecular complexity index is 1180. The van der Waals surface area contributed by atoms with E-state index in [0.29, 0.717) is 11.1 Å². The molecule has 0 fully saturated rings. The highest BCUT2D eigenvalue weighted by Gasteiger charge is 2.42. The summed E-state index contributed by atoms with van der Waals surface area (Å²) in [5.74, 6) is -1.46. The lowest BCUT2D eigenvalue weighted by Crippen LogP contribution is -2.34. The molecule has 4 rings (SSSR count). The number of para-hydroxylation sites is 1. The van der Waals surface area contributed by atoms with E-state index >= 15 is 0 Å². The quantitative estimate of drug-likeness (QED) is 0.587. The fraction of sp³-hybridized carbons (Fsp3) is 0.120. The van der Waals surface area contributed by atoms with Crippen molar-refractivity contribution in [1.29, 1.82) is 0 Å². The Balaban J connectivity index is 1.91. The van der Waals surface area contributed by atoms with Crippen LogP contribution in [0.2, 0.25) is 0 Å². The van der Waals surface area contributed by atoms with Gasteiger partial charge in [-0.2, -0.15) is 0 Å². The maximum atomic E-state index is 13.8. The molecule has 0 aromatic heterocycles. The Morgan fingerprint density at radius 2 is 1.53 bits per heavy atom. The van der Waals surface area contributed by atoms with Crippen LogP contribution in [0, 0.1) is 19.7 Å². The number of anilines is 2. The molecule has 3 aromatic rings. The molecule has 0 radical (unpaired) electrons. The van der Waals surface area contributed by atoms with Crippen molar-refractivity contribution in [3.8, 4) is 0 Å². The molecule has 2 amide bonds. The first-order valence-electron chi connectivity index (χ1n) is 9.63. The van der Waals surface area contributed by atoms with Crippen molar-refractivity contribution < 1.29 is 14.0 Å². The highest BCUT2D eigenvalue weighted by Crippen LogP contribution is 2.36. The minimum atomic E-state index is -0.509. The summed E-state index contributed by atoms with van der Waals surface area (Å²) in [5, 5.41) is 0. The molecule has 5 heteroatoms. The number of rotatable bonds is 4. The lowest BCUT2D eigenvalue weighted by molar-refractivity contribution is -0.120. The molecule has 0 spiro atoms. The third kappa shape index (κ3) is 3.28. The van der Waals surface area contributed by atoms with Gasteiger partial charge in [-0.15, -0.1) is 0 Å². The van der Waals surface area contributed by atoms with Crippen LogP contribution in [0.4, 0.5) is 15.8 Å². The second-order valence-electron chi connectivity index (χ2n) is 7.34. The van der Waals surface area contributed by atoms with Gasteiger partial charge in [-0.25, -0.2) is 9.29 Å². The van der Waals surface area contributed by atoms with Crippen LogP contribution in [0.1, 0.15) is 16.7 Å². The zero-order valence-electron chi connectivity index (χ0n) is 17.0. The van der Waals surface area contributed by atoms with Crippen LogP contribution in [0.25, 0.3) is 5.57 Å². The molecule has 0 N–H and O–H groups in total. The van der Waals surface area contributed by atoms with E-state index in [0.717, 1.165) is 21.7 Å². The van der Waals surface area contributed by atoms with Gasteiger partial charge in [0.2, 0.25) is 0 Å². The molecule has 0 atom stereocenters. The maximum Gasteiger partial charge on any atom is 0.282 e. The number of amides is 2. The van der Waals surface area contributed by atoms with Crippen molar-refractivity contribution in [3.63, 3.8) is 0 Å². The molecule has 3 aromatic carbocycles. The molecule has 0 bridgehead atoms. The van der Waals surface area contributed by atoms with Crippen molar-refractivity contribution in [2.45, 2.75) is 13.8 Å². The summed E-state index contributed by atoms with van der Waals surface area (Å²) in [6.45, 7) is 3.96. The Kier molecular flexibility index (Phi) is 4.96. The van der Waals surface area contributed by atoms with E-state index in [1.54, 1.807) is 18.0 Å². The highest BCUT2D eigenvalue weighted by molar-refractivity contribution is 6.46. The number of aryl methyl sites for hydroxylation is 2. The van der Waals surface area contributed by atoms with Crippen LogP contribution in [0.3, 0.4) is 0 Å². The van der Waals surface area contributed by atoms with Crippen molar-refractivity contribution in [2.75, 3.05) is 16.8 Å². The Labute approximate surface area is 174 Å². The molecule has 1 aliphatic heterocycles. The fourth-order valence-corrected chi connectivity index (χ4v) is 3.62. The summed E-state index contributed by atoms with van der Waals surface area (Å²) >= 11 is 0. The van der Waals surface area contributed by atoms with E-state index < -0.39 is 17.6 Å². The number of carbonyl (C=O) groups excluding carboxylic acids is 2. The summed E-state index contributed by atoms with van der Waals surface area (Å²) in [7, 11) is 1.76. The third-order valence-electron chi connectivity index (χ3n) is 5.40. The lowest BCUT2D eigenvalue weighted by Gasteiger charge is -2.21. The average Bonchev–Trinajstić information content (AvgIpc) is 3.00. The van der Waals surface area contributed by atoms with Gasteiger partial charge in [0, 0.05) is 12.7 Å². The van der Waals surface area contributed by atoms with Crippen LogP contribution >= 0.6 is 0 Å². The number of halogens is 1. The Morgan fingerprint density at radius 3 is 2.20 bits per heavy atom. The lowest BCUT2D eigenvalue weighted by atomic mass is 9.99. The Hall–Kier alpha value is -3.73. The second-order valence-corrected chi connectivity index (χ2v) is 7.34. The van der Waals surface area contributed by atoms with Gasteiger partial charge >= 0.3 is 0 Å². The van der Waals surface area contributed by atoms with Crippen LogP contribution in [0.5, 0.6) is 0 Å². The first-order chi connectivity index (χ1) is 14.4. The number of nitrogens with zero attached hydrogens (tertiary/aromatic N) is 2.